The number of hydrogen-bond acceptors (Lipinski definition) is 2. The molecule has 12 heavy (non-hydrogen) atoms. The standard InChI is InChI=1S/C7H14F3NO/c1-6(7(8,9)10)12-5-3-2-4-11/h6H,2-5,11H2,1H3. The summed E-state index contributed by atoms with van der Waals surface area (Å²) in [4.78, 5) is 0. The Morgan fingerprint density at radius 2 is 1.92 bits per heavy atom. The number of alkyl halides is 3. The van der Waals surface area contributed by atoms with Crippen molar-refractivity contribution in [3.8, 4) is 0 Å². The van der Waals surface area contributed by atoms with Crippen molar-refractivity contribution >= 4 is 0 Å². The Labute approximate surface area is 69.9 Å². The maximum Gasteiger partial charge on any atom is 0.414 e. The Hall–Kier alpha value is -0.290. The Balaban J connectivity index is 3.38. The minimum atomic E-state index is -4.25. The highest BCUT2D eigenvalue weighted by Crippen LogP contribution is 2.22. The summed E-state index contributed by atoms with van der Waals surface area (Å²) in [7, 11) is 0. The molecule has 0 aliphatic rings. The van der Waals surface area contributed by atoms with Gasteiger partial charge in [-0.2, -0.15) is 13.2 Å². The molecular weight excluding hydrogens is 171 g/mol. The number of hydrogen-bond donors (Lipinski definition) is 1. The first-order chi connectivity index (χ1) is 5.48. The molecule has 0 aliphatic heterocycles. The first kappa shape index (κ1) is 11.7. The van der Waals surface area contributed by atoms with E-state index in [-0.39, 0.29) is 6.61 Å². The second kappa shape index (κ2) is 5.37. The molecule has 0 aromatic heterocycles. The van der Waals surface area contributed by atoms with Crippen LogP contribution in [-0.2, 0) is 4.74 Å². The molecule has 0 saturated carbocycles. The molecule has 0 saturated heterocycles. The smallest absolute Gasteiger partial charge is 0.369 e. The van der Waals surface area contributed by atoms with Gasteiger partial charge in [0.1, 0.15) is 0 Å². The predicted molar refractivity (Wildman–Crippen MR) is 39.8 cm³/mol. The minimum Gasteiger partial charge on any atom is -0.369 e. The lowest BCUT2D eigenvalue weighted by atomic mass is 10.3. The molecule has 2 nitrogen and oxygen atoms in total. The first-order valence-electron chi connectivity index (χ1n) is 3.87. The Morgan fingerprint density at radius 1 is 1.33 bits per heavy atom. The maximum absolute atomic E-state index is 11.8. The van der Waals surface area contributed by atoms with Crippen LogP contribution in [0, 0.1) is 0 Å². The van der Waals surface area contributed by atoms with Gasteiger partial charge in [-0.05, 0) is 26.3 Å². The monoisotopic (exact) mass is 185 g/mol. The molecule has 0 aliphatic carbocycles. The Bertz CT molecular complexity index is 116. The van der Waals surface area contributed by atoms with Gasteiger partial charge >= 0.3 is 6.18 Å². The predicted octanol–water partition coefficient (Wildman–Crippen LogP) is 1.69. The quantitative estimate of drug-likeness (QED) is 0.661. The van der Waals surface area contributed by atoms with Crippen LogP contribution >= 0.6 is 0 Å². The third kappa shape index (κ3) is 5.37. The number of nitrogens with two attached hydrogens (primary N) is 1. The van der Waals surface area contributed by atoms with Crippen LogP contribution in [-0.4, -0.2) is 25.4 Å². The summed E-state index contributed by atoms with van der Waals surface area (Å²) in [5, 5.41) is 0. The van der Waals surface area contributed by atoms with E-state index >= 15 is 0 Å². The molecule has 2 N–H and O–H groups in total. The highest BCUT2D eigenvalue weighted by atomic mass is 19.4. The molecule has 0 spiro atoms. The second-order valence-corrected chi connectivity index (χ2v) is 2.55. The third-order valence-electron chi connectivity index (χ3n) is 1.43. The van der Waals surface area contributed by atoms with Crippen LogP contribution in [0.4, 0.5) is 13.2 Å². The zero-order valence-corrected chi connectivity index (χ0v) is 7.03. The molecule has 0 bridgehead atoms. The summed E-state index contributed by atoms with van der Waals surface area (Å²) in [6.45, 7) is 1.62. The summed E-state index contributed by atoms with van der Waals surface area (Å²) in [5.74, 6) is 0. The molecule has 1 unspecified atom stereocenters. The summed E-state index contributed by atoms with van der Waals surface area (Å²) in [6.07, 6.45) is -4.64. The number of rotatable bonds is 5. The van der Waals surface area contributed by atoms with E-state index in [9.17, 15) is 13.2 Å². The van der Waals surface area contributed by atoms with E-state index in [0.717, 1.165) is 6.92 Å². The lowest BCUT2D eigenvalue weighted by molar-refractivity contribution is -0.214. The van der Waals surface area contributed by atoms with Crippen molar-refractivity contribution in [3.05, 3.63) is 0 Å². The largest absolute Gasteiger partial charge is 0.414 e. The highest BCUT2D eigenvalue weighted by Gasteiger charge is 2.36. The van der Waals surface area contributed by atoms with Crippen LogP contribution in [0.25, 0.3) is 0 Å². The van der Waals surface area contributed by atoms with E-state index in [2.05, 4.69) is 4.74 Å². The van der Waals surface area contributed by atoms with E-state index in [1.807, 2.05) is 0 Å². The van der Waals surface area contributed by atoms with E-state index in [1.54, 1.807) is 0 Å². The molecule has 0 aromatic carbocycles. The van der Waals surface area contributed by atoms with Crippen LogP contribution in [0.1, 0.15) is 19.8 Å². The lowest BCUT2D eigenvalue weighted by Crippen LogP contribution is -2.28. The van der Waals surface area contributed by atoms with Gasteiger partial charge in [-0.3, -0.25) is 0 Å². The fraction of sp³-hybridized carbons (Fsp3) is 1.00. The normalized spacial score (nSPS) is 14.8. The zero-order valence-electron chi connectivity index (χ0n) is 7.03. The molecule has 0 radical (unpaired) electrons. The number of unbranched alkanes of at least 4 members (excludes halogenated alkanes) is 1. The zero-order chi connectivity index (χ0) is 9.61. The van der Waals surface area contributed by atoms with E-state index in [0.29, 0.717) is 19.4 Å². The topological polar surface area (TPSA) is 35.2 Å². The Morgan fingerprint density at radius 3 is 2.33 bits per heavy atom. The fourth-order valence-corrected chi connectivity index (χ4v) is 0.601. The maximum atomic E-state index is 11.8. The lowest BCUT2D eigenvalue weighted by Gasteiger charge is -2.15. The molecular formula is C7H14F3NO. The van der Waals surface area contributed by atoms with Crippen molar-refractivity contribution in [2.24, 2.45) is 5.73 Å². The minimum absolute atomic E-state index is 0.123. The van der Waals surface area contributed by atoms with Crippen LogP contribution in [0.15, 0.2) is 0 Å². The van der Waals surface area contributed by atoms with Crippen molar-refractivity contribution in [3.63, 3.8) is 0 Å². The SMILES string of the molecule is CC(OCCCCN)C(F)(F)F. The molecule has 0 aromatic rings. The third-order valence-corrected chi connectivity index (χ3v) is 1.43. The molecule has 74 valence electrons. The average Bonchev–Trinajstić information content (AvgIpc) is 1.96. The van der Waals surface area contributed by atoms with Crippen molar-refractivity contribution in [2.75, 3.05) is 13.2 Å². The molecule has 0 amide bonds. The van der Waals surface area contributed by atoms with Crippen molar-refractivity contribution in [2.45, 2.75) is 32.0 Å². The van der Waals surface area contributed by atoms with Crippen molar-refractivity contribution in [1.82, 2.24) is 0 Å². The number of ether oxygens (including phenoxy) is 1. The summed E-state index contributed by atoms with van der Waals surface area (Å²) >= 11 is 0. The molecule has 0 fully saturated rings. The summed E-state index contributed by atoms with van der Waals surface area (Å²) in [6, 6.07) is 0. The van der Waals surface area contributed by atoms with Crippen molar-refractivity contribution < 1.29 is 17.9 Å². The van der Waals surface area contributed by atoms with Gasteiger partial charge in [0, 0.05) is 6.61 Å². The van der Waals surface area contributed by atoms with Crippen molar-refractivity contribution in [1.29, 1.82) is 0 Å². The van der Waals surface area contributed by atoms with Gasteiger partial charge in [-0.15, -0.1) is 0 Å². The van der Waals surface area contributed by atoms with Gasteiger partial charge in [0.05, 0.1) is 0 Å². The van der Waals surface area contributed by atoms with Crippen LogP contribution < -0.4 is 5.73 Å². The number of halogens is 3. The summed E-state index contributed by atoms with van der Waals surface area (Å²) < 4.78 is 40.0. The van der Waals surface area contributed by atoms with Gasteiger partial charge < -0.3 is 10.5 Å². The first-order valence-corrected chi connectivity index (χ1v) is 3.87. The summed E-state index contributed by atoms with van der Waals surface area (Å²) in [5.41, 5.74) is 5.15. The van der Waals surface area contributed by atoms with Gasteiger partial charge in [0.15, 0.2) is 6.10 Å². The second-order valence-electron chi connectivity index (χ2n) is 2.55. The fourth-order valence-electron chi connectivity index (χ4n) is 0.601. The molecule has 1 atom stereocenters. The van der Waals surface area contributed by atoms with Crippen LogP contribution in [0.3, 0.4) is 0 Å². The van der Waals surface area contributed by atoms with E-state index in [1.165, 1.54) is 0 Å². The van der Waals surface area contributed by atoms with Crippen LogP contribution in [0.2, 0.25) is 0 Å². The van der Waals surface area contributed by atoms with Crippen LogP contribution in [0.5, 0.6) is 0 Å². The van der Waals surface area contributed by atoms with E-state index < -0.39 is 12.3 Å². The van der Waals surface area contributed by atoms with Gasteiger partial charge in [-0.1, -0.05) is 0 Å². The van der Waals surface area contributed by atoms with E-state index in [4.69, 9.17) is 5.73 Å². The Kier molecular flexibility index (Phi) is 5.24. The molecule has 5 heteroatoms. The molecule has 0 rings (SSSR count). The molecule has 0 heterocycles. The van der Waals surface area contributed by atoms with Gasteiger partial charge in [-0.25, -0.2) is 0 Å². The highest BCUT2D eigenvalue weighted by molar-refractivity contribution is 4.60. The van der Waals surface area contributed by atoms with Gasteiger partial charge in [0.2, 0.25) is 0 Å². The van der Waals surface area contributed by atoms with Gasteiger partial charge in [0.25, 0.3) is 0 Å². The average molecular weight is 185 g/mol.